The summed E-state index contributed by atoms with van der Waals surface area (Å²) >= 11 is 1.78. The Kier molecular flexibility index (Phi) is 4.23. The van der Waals surface area contributed by atoms with Gasteiger partial charge in [-0.2, -0.15) is 5.26 Å². The Morgan fingerprint density at radius 3 is 1.76 bits per heavy atom. The minimum Gasteiger partial charge on any atom is -0.192 e. The summed E-state index contributed by atoms with van der Waals surface area (Å²) in [5, 5.41) is 19.6. The molecule has 0 saturated heterocycles. The van der Waals surface area contributed by atoms with E-state index in [1.54, 1.807) is 11.3 Å². The van der Waals surface area contributed by atoms with Gasteiger partial charge in [-0.25, -0.2) is 0 Å². The molecular formula is C35H19NS. The second-order valence-corrected chi connectivity index (χ2v) is 10.7. The predicted octanol–water partition coefficient (Wildman–Crippen LogP) is 10.2. The number of hydrogen-bond acceptors (Lipinski definition) is 2. The van der Waals surface area contributed by atoms with Gasteiger partial charge in [-0.05, 0) is 84.9 Å². The first kappa shape index (κ1) is 20.5. The predicted molar refractivity (Wildman–Crippen MR) is 159 cm³/mol. The van der Waals surface area contributed by atoms with Crippen LogP contribution >= 0.6 is 11.3 Å². The third kappa shape index (κ3) is 2.96. The largest absolute Gasteiger partial charge is 0.192 e. The standard InChI is InChI=1S/C35H19NS/c36-20-21-6-16-32-30(18-21)31-19-25(11-17-33(31)37-32)27-13-8-24-9-14-28-26(22-4-2-1-3-5-22)12-7-23-10-15-29(27)35(24)34(23)28/h1-19H. The Morgan fingerprint density at radius 2 is 1.08 bits per heavy atom. The van der Waals surface area contributed by atoms with Crippen molar-refractivity contribution in [2.24, 2.45) is 0 Å². The van der Waals surface area contributed by atoms with Crippen molar-refractivity contribution in [2.75, 3.05) is 0 Å². The normalized spacial score (nSPS) is 11.8. The molecule has 7 aromatic carbocycles. The summed E-state index contributed by atoms with van der Waals surface area (Å²) in [5.74, 6) is 0. The van der Waals surface area contributed by atoms with E-state index in [-0.39, 0.29) is 0 Å². The quantitative estimate of drug-likeness (QED) is 0.223. The lowest BCUT2D eigenvalue weighted by molar-refractivity contribution is 1.50. The van der Waals surface area contributed by atoms with Gasteiger partial charge in [-0.3, -0.25) is 0 Å². The molecule has 0 radical (unpaired) electrons. The van der Waals surface area contributed by atoms with E-state index in [0.717, 1.165) is 5.39 Å². The zero-order chi connectivity index (χ0) is 24.5. The first-order valence-corrected chi connectivity index (χ1v) is 13.2. The number of thiophene rings is 1. The Bertz CT molecular complexity index is 2200. The summed E-state index contributed by atoms with van der Waals surface area (Å²) < 4.78 is 2.47. The van der Waals surface area contributed by atoms with Gasteiger partial charge in [0.25, 0.3) is 0 Å². The molecule has 0 spiro atoms. The lowest BCUT2D eigenvalue weighted by atomic mass is 9.87. The van der Waals surface area contributed by atoms with Crippen LogP contribution in [-0.4, -0.2) is 0 Å². The van der Waals surface area contributed by atoms with Gasteiger partial charge in [-0.15, -0.1) is 11.3 Å². The van der Waals surface area contributed by atoms with E-state index in [9.17, 15) is 5.26 Å². The number of benzene rings is 7. The summed E-state index contributed by atoms with van der Waals surface area (Å²) in [4.78, 5) is 0. The van der Waals surface area contributed by atoms with E-state index in [4.69, 9.17) is 0 Å². The molecule has 1 nitrogen and oxygen atoms in total. The van der Waals surface area contributed by atoms with Crippen molar-refractivity contribution in [1.82, 2.24) is 0 Å². The van der Waals surface area contributed by atoms with Gasteiger partial charge in [0.2, 0.25) is 0 Å². The summed E-state index contributed by atoms with van der Waals surface area (Å²) in [7, 11) is 0. The molecule has 0 fully saturated rings. The van der Waals surface area contributed by atoms with E-state index in [0.29, 0.717) is 5.56 Å². The Labute approximate surface area is 217 Å². The number of fused-ring (bicyclic) bond motifs is 3. The van der Waals surface area contributed by atoms with Gasteiger partial charge in [0.15, 0.2) is 0 Å². The Hall–Kier alpha value is -4.71. The van der Waals surface area contributed by atoms with E-state index in [2.05, 4.69) is 109 Å². The van der Waals surface area contributed by atoms with Gasteiger partial charge < -0.3 is 0 Å². The third-order valence-corrected chi connectivity index (χ3v) is 8.81. The van der Waals surface area contributed by atoms with Crippen LogP contribution < -0.4 is 0 Å². The van der Waals surface area contributed by atoms with Crippen LogP contribution in [0.1, 0.15) is 5.56 Å². The van der Waals surface area contributed by atoms with Crippen LogP contribution in [-0.2, 0) is 0 Å². The van der Waals surface area contributed by atoms with Crippen LogP contribution in [0.2, 0.25) is 0 Å². The lowest BCUT2D eigenvalue weighted by Crippen LogP contribution is -1.89. The van der Waals surface area contributed by atoms with E-state index in [1.165, 1.54) is 69.4 Å². The molecule has 0 amide bonds. The van der Waals surface area contributed by atoms with Crippen molar-refractivity contribution in [3.05, 3.63) is 121 Å². The summed E-state index contributed by atoms with van der Waals surface area (Å²) in [6.07, 6.45) is 0. The highest BCUT2D eigenvalue weighted by Gasteiger charge is 2.15. The van der Waals surface area contributed by atoms with Crippen LogP contribution in [0.25, 0.3) is 74.7 Å². The molecule has 8 aromatic rings. The van der Waals surface area contributed by atoms with Crippen LogP contribution in [0, 0.1) is 11.3 Å². The highest BCUT2D eigenvalue weighted by Crippen LogP contribution is 2.43. The maximum Gasteiger partial charge on any atom is 0.0991 e. The molecule has 0 aliphatic rings. The van der Waals surface area contributed by atoms with Crippen LogP contribution in [0.15, 0.2) is 115 Å². The molecule has 1 heterocycles. The van der Waals surface area contributed by atoms with Crippen molar-refractivity contribution in [3.8, 4) is 28.3 Å². The SMILES string of the molecule is N#Cc1ccc2sc3ccc(-c4ccc5ccc6c(-c7ccccc7)ccc7ccc4c5c76)cc3c2c1. The third-order valence-electron chi connectivity index (χ3n) is 7.66. The molecule has 0 aliphatic heterocycles. The number of nitrogens with zero attached hydrogens (tertiary/aromatic N) is 1. The summed E-state index contributed by atoms with van der Waals surface area (Å²) in [6.45, 7) is 0. The molecule has 0 saturated carbocycles. The molecule has 37 heavy (non-hydrogen) atoms. The first-order valence-electron chi connectivity index (χ1n) is 12.4. The van der Waals surface area contributed by atoms with Crippen LogP contribution in [0.4, 0.5) is 0 Å². The molecule has 0 atom stereocenters. The van der Waals surface area contributed by atoms with Gasteiger partial charge >= 0.3 is 0 Å². The highest BCUT2D eigenvalue weighted by atomic mass is 32.1. The first-order chi connectivity index (χ1) is 18.3. The number of hydrogen-bond donors (Lipinski definition) is 0. The zero-order valence-corrected chi connectivity index (χ0v) is 20.6. The van der Waals surface area contributed by atoms with Crippen LogP contribution in [0.3, 0.4) is 0 Å². The Balaban J connectivity index is 1.42. The minimum absolute atomic E-state index is 0.703. The van der Waals surface area contributed by atoms with Gasteiger partial charge in [0.1, 0.15) is 0 Å². The number of nitriles is 1. The molecule has 2 heteroatoms. The maximum absolute atomic E-state index is 9.44. The molecule has 0 unspecified atom stereocenters. The fourth-order valence-electron chi connectivity index (χ4n) is 5.94. The topological polar surface area (TPSA) is 23.8 Å². The van der Waals surface area contributed by atoms with Gasteiger partial charge in [0, 0.05) is 20.2 Å². The van der Waals surface area contributed by atoms with Crippen molar-refractivity contribution < 1.29 is 0 Å². The minimum atomic E-state index is 0.703. The second-order valence-electron chi connectivity index (χ2n) is 9.65. The van der Waals surface area contributed by atoms with E-state index < -0.39 is 0 Å². The second kappa shape index (κ2) is 7.64. The van der Waals surface area contributed by atoms with Gasteiger partial charge in [-0.1, -0.05) is 84.9 Å². The fourth-order valence-corrected chi connectivity index (χ4v) is 7.00. The van der Waals surface area contributed by atoms with Crippen LogP contribution in [0.5, 0.6) is 0 Å². The van der Waals surface area contributed by atoms with E-state index in [1.807, 2.05) is 12.1 Å². The molecule has 1 aromatic heterocycles. The Morgan fingerprint density at radius 1 is 0.486 bits per heavy atom. The molecule has 0 aliphatic carbocycles. The average Bonchev–Trinajstić information content (AvgIpc) is 3.33. The average molecular weight is 486 g/mol. The number of rotatable bonds is 2. The molecule has 8 rings (SSSR count). The summed E-state index contributed by atoms with van der Waals surface area (Å²) in [6, 6.07) is 43.8. The molecule has 0 N–H and O–H groups in total. The highest BCUT2D eigenvalue weighted by molar-refractivity contribution is 7.25. The van der Waals surface area contributed by atoms with Crippen molar-refractivity contribution in [1.29, 1.82) is 5.26 Å². The molecular weight excluding hydrogens is 466 g/mol. The maximum atomic E-state index is 9.44. The fraction of sp³-hybridized carbons (Fsp3) is 0. The van der Waals surface area contributed by atoms with Crippen molar-refractivity contribution >= 4 is 63.8 Å². The monoisotopic (exact) mass is 485 g/mol. The van der Waals surface area contributed by atoms with E-state index >= 15 is 0 Å². The smallest absolute Gasteiger partial charge is 0.0991 e. The lowest BCUT2D eigenvalue weighted by Gasteiger charge is -2.16. The van der Waals surface area contributed by atoms with Crippen molar-refractivity contribution in [2.45, 2.75) is 0 Å². The molecule has 170 valence electrons. The van der Waals surface area contributed by atoms with Gasteiger partial charge in [0.05, 0.1) is 11.6 Å². The summed E-state index contributed by atoms with van der Waals surface area (Å²) in [5.41, 5.74) is 5.66. The zero-order valence-electron chi connectivity index (χ0n) is 19.8. The van der Waals surface area contributed by atoms with Crippen molar-refractivity contribution in [3.63, 3.8) is 0 Å². The molecule has 0 bridgehead atoms.